The van der Waals surface area contributed by atoms with Gasteiger partial charge >= 0.3 is 0 Å². The van der Waals surface area contributed by atoms with Gasteiger partial charge in [-0.3, -0.25) is 4.79 Å². The fourth-order valence-corrected chi connectivity index (χ4v) is 2.68. The molecule has 1 amide bonds. The molecule has 110 valence electrons. The smallest absolute Gasteiger partial charge is 0.256 e. The van der Waals surface area contributed by atoms with Crippen LogP contribution in [0.2, 0.25) is 0 Å². The van der Waals surface area contributed by atoms with Crippen molar-refractivity contribution in [3.8, 4) is 0 Å². The third kappa shape index (κ3) is 2.93. The zero-order chi connectivity index (χ0) is 14.9. The number of halogens is 1. The van der Waals surface area contributed by atoms with E-state index < -0.39 is 5.82 Å². The molecule has 1 aromatic carbocycles. The molecule has 1 unspecified atom stereocenters. The minimum atomic E-state index is -0.462. The van der Waals surface area contributed by atoms with Crippen LogP contribution in [0.5, 0.6) is 0 Å². The summed E-state index contributed by atoms with van der Waals surface area (Å²) in [6.45, 7) is 2.94. The molecule has 1 aromatic rings. The minimum absolute atomic E-state index is 0.0851. The third-order valence-electron chi connectivity index (χ3n) is 3.92. The summed E-state index contributed by atoms with van der Waals surface area (Å²) in [6.07, 6.45) is 2.01. The van der Waals surface area contributed by atoms with Crippen molar-refractivity contribution in [1.29, 1.82) is 0 Å². The first-order chi connectivity index (χ1) is 9.40. The lowest BCUT2D eigenvalue weighted by molar-refractivity contribution is 0.0630. The number of likely N-dealkylation sites (N-methyl/N-ethyl adjacent to an activating group) is 1. The van der Waals surface area contributed by atoms with Crippen LogP contribution in [-0.2, 0) is 0 Å². The highest BCUT2D eigenvalue weighted by Crippen LogP contribution is 2.21. The van der Waals surface area contributed by atoms with Crippen LogP contribution in [0.4, 0.5) is 10.1 Å². The molecule has 0 spiro atoms. The van der Waals surface area contributed by atoms with Crippen LogP contribution in [-0.4, -0.2) is 48.9 Å². The lowest BCUT2D eigenvalue weighted by Crippen LogP contribution is -2.47. The normalized spacial score (nSPS) is 19.4. The number of anilines is 1. The zero-order valence-electron chi connectivity index (χ0n) is 12.3. The van der Waals surface area contributed by atoms with E-state index in [1.165, 1.54) is 6.07 Å². The van der Waals surface area contributed by atoms with Crippen LogP contribution in [0.25, 0.3) is 0 Å². The molecular formula is C15H22FN3O. The molecule has 5 heteroatoms. The van der Waals surface area contributed by atoms with Gasteiger partial charge in [0.25, 0.3) is 5.91 Å². The van der Waals surface area contributed by atoms with Crippen molar-refractivity contribution in [1.82, 2.24) is 9.80 Å². The molecule has 1 atom stereocenters. The first kappa shape index (κ1) is 14.8. The fourth-order valence-electron chi connectivity index (χ4n) is 2.68. The van der Waals surface area contributed by atoms with Gasteiger partial charge in [0.15, 0.2) is 0 Å². The molecule has 1 saturated heterocycles. The van der Waals surface area contributed by atoms with Crippen molar-refractivity contribution in [2.24, 2.45) is 0 Å². The Morgan fingerprint density at radius 2 is 2.15 bits per heavy atom. The SMILES string of the molecule is Cc1cc(N)cc(C(=O)N2CCCC(N(C)C)C2)c1F. The molecule has 0 aliphatic carbocycles. The number of hydrogen-bond acceptors (Lipinski definition) is 3. The van der Waals surface area contributed by atoms with E-state index in [2.05, 4.69) is 4.90 Å². The Balaban J connectivity index is 2.23. The van der Waals surface area contributed by atoms with Crippen molar-refractivity contribution < 1.29 is 9.18 Å². The van der Waals surface area contributed by atoms with Crippen molar-refractivity contribution in [3.63, 3.8) is 0 Å². The Kier molecular flexibility index (Phi) is 4.28. The molecule has 20 heavy (non-hydrogen) atoms. The number of piperidine rings is 1. The van der Waals surface area contributed by atoms with E-state index >= 15 is 0 Å². The van der Waals surface area contributed by atoms with E-state index in [0.29, 0.717) is 30.4 Å². The van der Waals surface area contributed by atoms with E-state index in [0.717, 1.165) is 12.8 Å². The number of carbonyl (C=O) groups excluding carboxylic acids is 1. The molecule has 1 fully saturated rings. The van der Waals surface area contributed by atoms with Crippen LogP contribution in [0, 0.1) is 12.7 Å². The average Bonchev–Trinajstić information content (AvgIpc) is 2.42. The maximum absolute atomic E-state index is 14.1. The van der Waals surface area contributed by atoms with Gasteiger partial charge in [-0.25, -0.2) is 4.39 Å². The number of amides is 1. The van der Waals surface area contributed by atoms with Gasteiger partial charge in [0.05, 0.1) is 5.56 Å². The number of carbonyl (C=O) groups is 1. The maximum atomic E-state index is 14.1. The highest BCUT2D eigenvalue weighted by Gasteiger charge is 2.27. The Hall–Kier alpha value is -1.62. The lowest BCUT2D eigenvalue weighted by atomic mass is 10.0. The molecule has 1 heterocycles. The quantitative estimate of drug-likeness (QED) is 0.841. The van der Waals surface area contributed by atoms with Crippen LogP contribution in [0.1, 0.15) is 28.8 Å². The number of likely N-dealkylation sites (tertiary alicyclic amines) is 1. The molecule has 0 bridgehead atoms. The maximum Gasteiger partial charge on any atom is 0.256 e. The zero-order valence-corrected chi connectivity index (χ0v) is 12.3. The number of nitrogens with zero attached hydrogens (tertiary/aromatic N) is 2. The summed E-state index contributed by atoms with van der Waals surface area (Å²) < 4.78 is 14.1. The first-order valence-electron chi connectivity index (χ1n) is 6.91. The molecule has 1 aliphatic heterocycles. The number of aryl methyl sites for hydroxylation is 1. The lowest BCUT2D eigenvalue weighted by Gasteiger charge is -2.36. The van der Waals surface area contributed by atoms with Crippen molar-refractivity contribution in [2.45, 2.75) is 25.8 Å². The van der Waals surface area contributed by atoms with Gasteiger partial charge in [0, 0.05) is 24.8 Å². The van der Waals surface area contributed by atoms with Gasteiger partial charge in [-0.1, -0.05) is 0 Å². The van der Waals surface area contributed by atoms with Crippen molar-refractivity contribution in [2.75, 3.05) is 32.9 Å². The van der Waals surface area contributed by atoms with Gasteiger partial charge in [-0.15, -0.1) is 0 Å². The largest absolute Gasteiger partial charge is 0.399 e. The number of nitrogen functional groups attached to an aromatic ring is 1. The number of nitrogens with two attached hydrogens (primary N) is 1. The Bertz CT molecular complexity index is 516. The van der Waals surface area contributed by atoms with Crippen LogP contribution in [0.3, 0.4) is 0 Å². The summed E-state index contributed by atoms with van der Waals surface area (Å²) in [6, 6.07) is 3.31. The standard InChI is InChI=1S/C15H22FN3O/c1-10-7-11(17)8-13(14(10)16)15(20)19-6-4-5-12(9-19)18(2)3/h7-8,12H,4-6,9,17H2,1-3H3. The van der Waals surface area contributed by atoms with Gasteiger partial charge in [0.1, 0.15) is 5.82 Å². The monoisotopic (exact) mass is 279 g/mol. The Morgan fingerprint density at radius 1 is 1.45 bits per heavy atom. The van der Waals surface area contributed by atoms with Crippen molar-refractivity contribution >= 4 is 11.6 Å². The summed E-state index contributed by atoms with van der Waals surface area (Å²) in [5.41, 5.74) is 6.65. The number of hydrogen-bond donors (Lipinski definition) is 1. The molecule has 2 rings (SSSR count). The van der Waals surface area contributed by atoms with Gasteiger partial charge < -0.3 is 15.5 Å². The van der Waals surface area contributed by atoms with E-state index in [4.69, 9.17) is 5.73 Å². The highest BCUT2D eigenvalue weighted by molar-refractivity contribution is 5.95. The van der Waals surface area contributed by atoms with E-state index in [9.17, 15) is 9.18 Å². The predicted molar refractivity (Wildman–Crippen MR) is 78.2 cm³/mol. The average molecular weight is 279 g/mol. The van der Waals surface area contributed by atoms with Crippen LogP contribution < -0.4 is 5.73 Å². The molecule has 2 N–H and O–H groups in total. The summed E-state index contributed by atoms with van der Waals surface area (Å²) in [5, 5.41) is 0. The Morgan fingerprint density at radius 3 is 2.80 bits per heavy atom. The Labute approximate surface area is 119 Å². The summed E-state index contributed by atoms with van der Waals surface area (Å²) in [7, 11) is 4.01. The second-order valence-electron chi connectivity index (χ2n) is 5.71. The summed E-state index contributed by atoms with van der Waals surface area (Å²) in [5.74, 6) is -0.722. The predicted octanol–water partition coefficient (Wildman–Crippen LogP) is 1.88. The van der Waals surface area contributed by atoms with Crippen molar-refractivity contribution in [3.05, 3.63) is 29.1 Å². The van der Waals surface area contributed by atoms with Crippen LogP contribution >= 0.6 is 0 Å². The third-order valence-corrected chi connectivity index (χ3v) is 3.92. The topological polar surface area (TPSA) is 49.6 Å². The molecule has 0 saturated carbocycles. The first-order valence-corrected chi connectivity index (χ1v) is 6.91. The van der Waals surface area contributed by atoms with E-state index in [1.807, 2.05) is 14.1 Å². The van der Waals surface area contributed by atoms with E-state index in [-0.39, 0.29) is 11.5 Å². The second kappa shape index (κ2) is 5.79. The van der Waals surface area contributed by atoms with Gasteiger partial charge in [-0.2, -0.15) is 0 Å². The van der Waals surface area contributed by atoms with Crippen LogP contribution in [0.15, 0.2) is 12.1 Å². The molecule has 1 aliphatic rings. The minimum Gasteiger partial charge on any atom is -0.399 e. The molecule has 4 nitrogen and oxygen atoms in total. The number of benzene rings is 1. The second-order valence-corrected chi connectivity index (χ2v) is 5.71. The number of rotatable bonds is 2. The molecule has 0 radical (unpaired) electrons. The van der Waals surface area contributed by atoms with E-state index in [1.54, 1.807) is 17.9 Å². The molecular weight excluding hydrogens is 257 g/mol. The summed E-state index contributed by atoms with van der Waals surface area (Å²) in [4.78, 5) is 16.3. The van der Waals surface area contributed by atoms with Gasteiger partial charge in [-0.05, 0) is 51.6 Å². The fraction of sp³-hybridized carbons (Fsp3) is 0.533. The summed E-state index contributed by atoms with van der Waals surface area (Å²) >= 11 is 0. The molecule has 0 aromatic heterocycles. The highest BCUT2D eigenvalue weighted by atomic mass is 19.1. The van der Waals surface area contributed by atoms with Gasteiger partial charge in [0.2, 0.25) is 0 Å².